The summed E-state index contributed by atoms with van der Waals surface area (Å²) >= 11 is 0. The van der Waals surface area contributed by atoms with E-state index in [-0.39, 0.29) is 11.8 Å². The number of hydrogen-bond acceptors (Lipinski definition) is 3. The second-order valence-corrected chi connectivity index (χ2v) is 3.57. The van der Waals surface area contributed by atoms with Crippen molar-refractivity contribution in [1.29, 1.82) is 0 Å². The molecular weight excluding hydrogens is 209 g/mol. The number of carbonyl (C=O) groups excluding carboxylic acids is 1. The van der Waals surface area contributed by atoms with Crippen molar-refractivity contribution in [3.63, 3.8) is 0 Å². The van der Waals surface area contributed by atoms with Crippen LogP contribution in [0.5, 0.6) is 0 Å². The van der Waals surface area contributed by atoms with Gasteiger partial charge >= 0.3 is 5.97 Å². The fourth-order valence-corrected chi connectivity index (χ4v) is 1.27. The van der Waals surface area contributed by atoms with E-state index in [1.165, 1.54) is 13.2 Å². The highest BCUT2D eigenvalue weighted by molar-refractivity contribution is 5.69. The monoisotopic (exact) mass is 225 g/mol. The van der Waals surface area contributed by atoms with Gasteiger partial charge in [-0.25, -0.2) is 4.39 Å². The van der Waals surface area contributed by atoms with E-state index < -0.39 is 0 Å². The van der Waals surface area contributed by atoms with Crippen molar-refractivity contribution >= 4 is 11.7 Å². The number of hydrogen-bond donors (Lipinski definition) is 1. The lowest BCUT2D eigenvalue weighted by atomic mass is 10.2. The summed E-state index contributed by atoms with van der Waals surface area (Å²) in [4.78, 5) is 10.8. The maximum atomic E-state index is 13.2. The number of rotatable bonds is 5. The van der Waals surface area contributed by atoms with Crippen LogP contribution in [0, 0.1) is 12.7 Å². The molecule has 0 saturated heterocycles. The Morgan fingerprint density at radius 3 is 2.88 bits per heavy atom. The van der Waals surface area contributed by atoms with Crippen LogP contribution in [0.4, 0.5) is 10.1 Å². The molecule has 0 aliphatic rings. The van der Waals surface area contributed by atoms with Gasteiger partial charge in [-0.3, -0.25) is 4.79 Å². The third-order valence-electron chi connectivity index (χ3n) is 2.29. The molecule has 0 bridgehead atoms. The fourth-order valence-electron chi connectivity index (χ4n) is 1.27. The lowest BCUT2D eigenvalue weighted by Gasteiger charge is -2.06. The molecule has 0 atom stereocenters. The topological polar surface area (TPSA) is 38.3 Å². The average Bonchev–Trinajstić information content (AvgIpc) is 2.28. The highest BCUT2D eigenvalue weighted by Gasteiger charge is 2.01. The fraction of sp³-hybridized carbons (Fsp3) is 0.417. The van der Waals surface area contributed by atoms with Crippen LogP contribution in [0.1, 0.15) is 18.4 Å². The molecule has 0 unspecified atom stereocenters. The summed E-state index contributed by atoms with van der Waals surface area (Å²) in [7, 11) is 1.37. The zero-order valence-electron chi connectivity index (χ0n) is 9.55. The summed E-state index contributed by atoms with van der Waals surface area (Å²) < 4.78 is 17.7. The Hall–Kier alpha value is -1.58. The van der Waals surface area contributed by atoms with Gasteiger partial charge in [-0.2, -0.15) is 0 Å². The first-order valence-electron chi connectivity index (χ1n) is 5.20. The summed E-state index contributed by atoms with van der Waals surface area (Å²) in [6.45, 7) is 2.34. The molecule has 0 saturated carbocycles. The highest BCUT2D eigenvalue weighted by Crippen LogP contribution is 2.13. The van der Waals surface area contributed by atoms with Crippen LogP contribution in [-0.2, 0) is 9.53 Å². The molecule has 0 aliphatic carbocycles. The van der Waals surface area contributed by atoms with E-state index in [0.29, 0.717) is 24.9 Å². The molecule has 0 heterocycles. The zero-order valence-corrected chi connectivity index (χ0v) is 9.55. The summed E-state index contributed by atoms with van der Waals surface area (Å²) in [6.07, 6.45) is 1.04. The molecule has 0 fully saturated rings. The van der Waals surface area contributed by atoms with Gasteiger partial charge in [0.05, 0.1) is 7.11 Å². The highest BCUT2D eigenvalue weighted by atomic mass is 19.1. The molecule has 0 radical (unpaired) electrons. The van der Waals surface area contributed by atoms with Gasteiger partial charge in [0, 0.05) is 18.7 Å². The maximum absolute atomic E-state index is 13.2. The minimum Gasteiger partial charge on any atom is -0.469 e. The van der Waals surface area contributed by atoms with Crippen LogP contribution in [0.15, 0.2) is 18.2 Å². The average molecular weight is 225 g/mol. The first-order valence-corrected chi connectivity index (χ1v) is 5.20. The van der Waals surface area contributed by atoms with Gasteiger partial charge in [0.2, 0.25) is 0 Å². The standard InChI is InChI=1S/C12H16FNO2/c1-9-5-6-10(8-11(9)13)14-7-3-4-12(15)16-2/h5-6,8,14H,3-4,7H2,1-2H3. The molecule has 0 aromatic heterocycles. The lowest BCUT2D eigenvalue weighted by Crippen LogP contribution is -2.06. The van der Waals surface area contributed by atoms with Crippen molar-refractivity contribution in [3.8, 4) is 0 Å². The zero-order chi connectivity index (χ0) is 12.0. The van der Waals surface area contributed by atoms with Gasteiger partial charge in [0.15, 0.2) is 0 Å². The molecule has 16 heavy (non-hydrogen) atoms. The first kappa shape index (κ1) is 12.5. The normalized spacial score (nSPS) is 9.94. The Labute approximate surface area is 94.6 Å². The predicted octanol–water partition coefficient (Wildman–Crippen LogP) is 2.50. The molecule has 3 nitrogen and oxygen atoms in total. The first-order chi connectivity index (χ1) is 7.63. The van der Waals surface area contributed by atoms with Gasteiger partial charge in [-0.1, -0.05) is 6.07 Å². The number of benzene rings is 1. The van der Waals surface area contributed by atoms with Gasteiger partial charge < -0.3 is 10.1 Å². The lowest BCUT2D eigenvalue weighted by molar-refractivity contribution is -0.140. The molecule has 1 rings (SSSR count). The number of methoxy groups -OCH3 is 1. The summed E-state index contributed by atoms with van der Waals surface area (Å²) in [6, 6.07) is 4.99. The van der Waals surface area contributed by atoms with Crippen molar-refractivity contribution in [2.75, 3.05) is 19.0 Å². The Bertz CT molecular complexity index is 366. The number of esters is 1. The van der Waals surface area contributed by atoms with Crippen LogP contribution in [0.3, 0.4) is 0 Å². The number of aryl methyl sites for hydroxylation is 1. The van der Waals surface area contributed by atoms with E-state index in [1.807, 2.05) is 6.07 Å². The molecule has 0 spiro atoms. The number of ether oxygens (including phenoxy) is 1. The summed E-state index contributed by atoms with van der Waals surface area (Å²) in [5.41, 5.74) is 1.35. The van der Waals surface area contributed by atoms with Crippen molar-refractivity contribution in [2.24, 2.45) is 0 Å². The van der Waals surface area contributed by atoms with Gasteiger partial charge in [-0.15, -0.1) is 0 Å². The van der Waals surface area contributed by atoms with E-state index in [1.54, 1.807) is 13.0 Å². The molecule has 88 valence electrons. The molecule has 0 amide bonds. The SMILES string of the molecule is COC(=O)CCCNc1ccc(C)c(F)c1. The van der Waals surface area contributed by atoms with Crippen molar-refractivity contribution in [1.82, 2.24) is 0 Å². The van der Waals surface area contributed by atoms with E-state index in [2.05, 4.69) is 10.1 Å². The van der Waals surface area contributed by atoms with E-state index >= 15 is 0 Å². The van der Waals surface area contributed by atoms with Gasteiger partial charge in [0.1, 0.15) is 5.82 Å². The number of carbonyl (C=O) groups is 1. The smallest absolute Gasteiger partial charge is 0.305 e. The molecular formula is C12H16FNO2. The maximum Gasteiger partial charge on any atom is 0.305 e. The summed E-state index contributed by atoms with van der Waals surface area (Å²) in [5.74, 6) is -0.449. The minimum atomic E-state index is -0.225. The van der Waals surface area contributed by atoms with Crippen molar-refractivity contribution in [2.45, 2.75) is 19.8 Å². The van der Waals surface area contributed by atoms with E-state index in [0.717, 1.165) is 5.69 Å². The Morgan fingerprint density at radius 1 is 1.50 bits per heavy atom. The number of nitrogens with one attached hydrogen (secondary N) is 1. The van der Waals surface area contributed by atoms with Crippen LogP contribution in [0.2, 0.25) is 0 Å². The number of halogens is 1. The molecule has 0 aliphatic heterocycles. The Balaban J connectivity index is 2.32. The second kappa shape index (κ2) is 6.10. The number of anilines is 1. The molecule has 4 heteroatoms. The molecule has 1 N–H and O–H groups in total. The van der Waals surface area contributed by atoms with Crippen LogP contribution < -0.4 is 5.32 Å². The Kier molecular flexibility index (Phi) is 4.76. The van der Waals surface area contributed by atoms with Crippen LogP contribution in [0.25, 0.3) is 0 Å². The molecule has 1 aromatic carbocycles. The minimum absolute atomic E-state index is 0.224. The van der Waals surface area contributed by atoms with E-state index in [9.17, 15) is 9.18 Å². The van der Waals surface area contributed by atoms with E-state index in [4.69, 9.17) is 0 Å². The quantitative estimate of drug-likeness (QED) is 0.618. The van der Waals surface area contributed by atoms with Crippen LogP contribution >= 0.6 is 0 Å². The largest absolute Gasteiger partial charge is 0.469 e. The Morgan fingerprint density at radius 2 is 2.25 bits per heavy atom. The van der Waals surface area contributed by atoms with Gasteiger partial charge in [-0.05, 0) is 31.0 Å². The predicted molar refractivity (Wildman–Crippen MR) is 60.9 cm³/mol. The molecule has 1 aromatic rings. The second-order valence-electron chi connectivity index (χ2n) is 3.57. The van der Waals surface area contributed by atoms with Crippen molar-refractivity contribution < 1.29 is 13.9 Å². The third-order valence-corrected chi connectivity index (χ3v) is 2.29. The van der Waals surface area contributed by atoms with Crippen LogP contribution in [-0.4, -0.2) is 19.6 Å². The summed E-state index contributed by atoms with van der Waals surface area (Å²) in [5, 5.41) is 3.04. The van der Waals surface area contributed by atoms with Crippen molar-refractivity contribution in [3.05, 3.63) is 29.6 Å². The third kappa shape index (κ3) is 3.88. The van der Waals surface area contributed by atoms with Gasteiger partial charge in [0.25, 0.3) is 0 Å².